The third-order valence-electron chi connectivity index (χ3n) is 1.60. The number of nitrogens with one attached hydrogen (secondary N) is 1. The van der Waals surface area contributed by atoms with E-state index in [1.807, 2.05) is 12.3 Å². The van der Waals surface area contributed by atoms with Crippen LogP contribution in [0.3, 0.4) is 0 Å². The molecule has 0 aliphatic heterocycles. The van der Waals surface area contributed by atoms with E-state index in [1.54, 1.807) is 6.92 Å². The Bertz CT molecular complexity index is 310. The Hall–Kier alpha value is -0.940. The van der Waals surface area contributed by atoms with Gasteiger partial charge in [0.2, 0.25) is 5.91 Å². The molecule has 0 aromatic carbocycles. The Balaban J connectivity index is 2.34. The van der Waals surface area contributed by atoms with E-state index in [-0.39, 0.29) is 12.3 Å². The van der Waals surface area contributed by atoms with E-state index in [0.29, 0.717) is 6.54 Å². The number of thiazole rings is 1. The molecule has 14 heavy (non-hydrogen) atoms. The van der Waals surface area contributed by atoms with Crippen LogP contribution >= 0.6 is 11.3 Å². The van der Waals surface area contributed by atoms with Gasteiger partial charge in [0.15, 0.2) is 0 Å². The average Bonchev–Trinajstić information content (AvgIpc) is 2.48. The largest absolute Gasteiger partial charge is 0.392 e. The molecule has 1 rings (SSSR count). The zero-order chi connectivity index (χ0) is 10.6. The first-order valence-corrected chi connectivity index (χ1v) is 5.31. The summed E-state index contributed by atoms with van der Waals surface area (Å²) in [5, 5.41) is 14.4. The molecule has 1 aromatic heterocycles. The normalized spacial score (nSPS) is 12.5. The zero-order valence-corrected chi connectivity index (χ0v) is 9.10. The lowest BCUT2D eigenvalue weighted by Gasteiger charge is -2.05. The van der Waals surface area contributed by atoms with Gasteiger partial charge in [-0.2, -0.15) is 0 Å². The van der Waals surface area contributed by atoms with Crippen molar-refractivity contribution in [2.24, 2.45) is 0 Å². The van der Waals surface area contributed by atoms with Crippen LogP contribution in [0, 0.1) is 6.92 Å². The quantitative estimate of drug-likeness (QED) is 0.767. The molecule has 0 radical (unpaired) electrons. The SMILES string of the molecule is Cc1nc(CC(=O)NC[C@@H](C)O)cs1. The highest BCUT2D eigenvalue weighted by Crippen LogP contribution is 2.07. The molecule has 1 heterocycles. The van der Waals surface area contributed by atoms with Crippen molar-refractivity contribution >= 4 is 17.2 Å². The molecule has 0 unspecified atom stereocenters. The summed E-state index contributed by atoms with van der Waals surface area (Å²) in [5.74, 6) is -0.101. The second-order valence-electron chi connectivity index (χ2n) is 3.19. The van der Waals surface area contributed by atoms with Gasteiger partial charge in [-0.3, -0.25) is 4.79 Å². The van der Waals surface area contributed by atoms with Crippen molar-refractivity contribution in [2.45, 2.75) is 26.4 Å². The lowest BCUT2D eigenvalue weighted by Crippen LogP contribution is -2.31. The summed E-state index contributed by atoms with van der Waals surface area (Å²) < 4.78 is 0. The standard InChI is InChI=1S/C9H14N2O2S/c1-6(12)4-10-9(13)3-8-5-14-7(2)11-8/h5-6,12H,3-4H2,1-2H3,(H,10,13)/t6-/m1/s1. The third-order valence-corrected chi connectivity index (χ3v) is 2.43. The predicted molar refractivity (Wildman–Crippen MR) is 55.2 cm³/mol. The number of aliphatic hydroxyl groups is 1. The van der Waals surface area contributed by atoms with Crippen LogP contribution in [0.4, 0.5) is 0 Å². The topological polar surface area (TPSA) is 62.2 Å². The molecule has 0 saturated carbocycles. The summed E-state index contributed by atoms with van der Waals surface area (Å²) in [6, 6.07) is 0. The first-order valence-electron chi connectivity index (χ1n) is 4.43. The maximum atomic E-state index is 11.3. The van der Waals surface area contributed by atoms with E-state index in [1.165, 1.54) is 11.3 Å². The number of hydrogen-bond donors (Lipinski definition) is 2. The van der Waals surface area contributed by atoms with Crippen molar-refractivity contribution in [2.75, 3.05) is 6.54 Å². The number of aryl methyl sites for hydroxylation is 1. The number of aliphatic hydroxyl groups excluding tert-OH is 1. The molecule has 0 aliphatic carbocycles. The van der Waals surface area contributed by atoms with Crippen LogP contribution in [0.1, 0.15) is 17.6 Å². The number of amides is 1. The maximum absolute atomic E-state index is 11.3. The second kappa shape index (κ2) is 5.07. The lowest BCUT2D eigenvalue weighted by atomic mass is 10.3. The summed E-state index contributed by atoms with van der Waals surface area (Å²) in [6.45, 7) is 3.83. The van der Waals surface area contributed by atoms with Crippen molar-refractivity contribution in [1.29, 1.82) is 0 Å². The second-order valence-corrected chi connectivity index (χ2v) is 4.25. The zero-order valence-electron chi connectivity index (χ0n) is 8.28. The Morgan fingerprint density at radius 3 is 3.00 bits per heavy atom. The molecule has 5 heteroatoms. The van der Waals surface area contributed by atoms with Gasteiger partial charge in [-0.1, -0.05) is 0 Å². The van der Waals surface area contributed by atoms with E-state index < -0.39 is 6.10 Å². The van der Waals surface area contributed by atoms with Crippen LogP contribution in [0.5, 0.6) is 0 Å². The highest BCUT2D eigenvalue weighted by atomic mass is 32.1. The van der Waals surface area contributed by atoms with Crippen molar-refractivity contribution in [3.8, 4) is 0 Å². The minimum atomic E-state index is -0.504. The summed E-state index contributed by atoms with van der Waals surface area (Å²) in [7, 11) is 0. The summed E-state index contributed by atoms with van der Waals surface area (Å²) in [5.41, 5.74) is 0.788. The van der Waals surface area contributed by atoms with Crippen LogP contribution in [0.25, 0.3) is 0 Å². The summed E-state index contributed by atoms with van der Waals surface area (Å²) >= 11 is 1.53. The molecular formula is C9H14N2O2S. The minimum Gasteiger partial charge on any atom is -0.392 e. The molecule has 0 bridgehead atoms. The van der Waals surface area contributed by atoms with E-state index >= 15 is 0 Å². The molecule has 78 valence electrons. The van der Waals surface area contributed by atoms with Gasteiger partial charge in [-0.15, -0.1) is 11.3 Å². The number of hydrogen-bond acceptors (Lipinski definition) is 4. The minimum absolute atomic E-state index is 0.101. The molecule has 0 aliphatic rings. The van der Waals surface area contributed by atoms with Crippen LogP contribution < -0.4 is 5.32 Å². The van der Waals surface area contributed by atoms with Gasteiger partial charge < -0.3 is 10.4 Å². The molecule has 1 atom stereocenters. The number of carbonyl (C=O) groups is 1. The van der Waals surface area contributed by atoms with Gasteiger partial charge in [-0.25, -0.2) is 4.98 Å². The van der Waals surface area contributed by atoms with Gasteiger partial charge in [0.05, 0.1) is 23.2 Å². The number of carbonyl (C=O) groups excluding carboxylic acids is 1. The monoisotopic (exact) mass is 214 g/mol. The average molecular weight is 214 g/mol. The Kier molecular flexibility index (Phi) is 4.03. The van der Waals surface area contributed by atoms with E-state index in [2.05, 4.69) is 10.3 Å². The van der Waals surface area contributed by atoms with Gasteiger partial charge >= 0.3 is 0 Å². The molecule has 2 N–H and O–H groups in total. The molecule has 0 spiro atoms. The lowest BCUT2D eigenvalue weighted by molar-refractivity contribution is -0.120. The van der Waals surface area contributed by atoms with Gasteiger partial charge in [0.1, 0.15) is 0 Å². The van der Waals surface area contributed by atoms with Crippen molar-refractivity contribution in [3.05, 3.63) is 16.1 Å². The van der Waals surface area contributed by atoms with Crippen LogP contribution in [0.2, 0.25) is 0 Å². The van der Waals surface area contributed by atoms with Crippen molar-refractivity contribution in [3.63, 3.8) is 0 Å². The Morgan fingerprint density at radius 2 is 2.50 bits per heavy atom. The number of aromatic nitrogens is 1. The predicted octanol–water partition coefficient (Wildman–Crippen LogP) is 0.491. The maximum Gasteiger partial charge on any atom is 0.226 e. The van der Waals surface area contributed by atoms with Crippen LogP contribution in [-0.2, 0) is 11.2 Å². The molecule has 1 amide bonds. The third kappa shape index (κ3) is 3.85. The van der Waals surface area contributed by atoms with Gasteiger partial charge in [0, 0.05) is 11.9 Å². The number of nitrogens with zero attached hydrogens (tertiary/aromatic N) is 1. The van der Waals surface area contributed by atoms with Gasteiger partial charge in [-0.05, 0) is 13.8 Å². The summed E-state index contributed by atoms with van der Waals surface area (Å²) in [6.07, 6.45) is -0.215. The van der Waals surface area contributed by atoms with E-state index in [9.17, 15) is 4.79 Å². The fourth-order valence-electron chi connectivity index (χ4n) is 0.978. The van der Waals surface area contributed by atoms with Gasteiger partial charge in [0.25, 0.3) is 0 Å². The first-order chi connectivity index (χ1) is 6.58. The van der Waals surface area contributed by atoms with E-state index in [0.717, 1.165) is 10.7 Å². The highest BCUT2D eigenvalue weighted by molar-refractivity contribution is 7.09. The fraction of sp³-hybridized carbons (Fsp3) is 0.556. The molecular weight excluding hydrogens is 200 g/mol. The molecule has 0 fully saturated rings. The van der Waals surface area contributed by atoms with Crippen molar-refractivity contribution in [1.82, 2.24) is 10.3 Å². The number of rotatable bonds is 4. The highest BCUT2D eigenvalue weighted by Gasteiger charge is 2.06. The smallest absolute Gasteiger partial charge is 0.226 e. The molecule has 1 aromatic rings. The first kappa shape index (κ1) is 11.1. The summed E-state index contributed by atoms with van der Waals surface area (Å²) in [4.78, 5) is 15.4. The van der Waals surface area contributed by atoms with Crippen LogP contribution in [0.15, 0.2) is 5.38 Å². The van der Waals surface area contributed by atoms with Crippen LogP contribution in [-0.4, -0.2) is 28.6 Å². The Labute approximate surface area is 87.0 Å². The van der Waals surface area contributed by atoms with Crippen molar-refractivity contribution < 1.29 is 9.90 Å². The molecule has 4 nitrogen and oxygen atoms in total. The Morgan fingerprint density at radius 1 is 1.79 bits per heavy atom. The molecule has 0 saturated heterocycles. The van der Waals surface area contributed by atoms with E-state index in [4.69, 9.17) is 5.11 Å². The fourth-order valence-corrected chi connectivity index (χ4v) is 1.59.